The van der Waals surface area contributed by atoms with Crippen LogP contribution in [0.25, 0.3) is 0 Å². The Kier molecular flexibility index (Phi) is 11.9. The summed E-state index contributed by atoms with van der Waals surface area (Å²) in [5.41, 5.74) is 7.16. The van der Waals surface area contributed by atoms with Crippen molar-refractivity contribution in [3.8, 4) is 0 Å². The van der Waals surface area contributed by atoms with Gasteiger partial charge in [0, 0.05) is 12.6 Å². The van der Waals surface area contributed by atoms with Gasteiger partial charge in [-0.05, 0) is 60.5 Å². The Balaban J connectivity index is 3.46. The summed E-state index contributed by atoms with van der Waals surface area (Å²) < 4.78 is 5.29. The van der Waals surface area contributed by atoms with E-state index in [1.54, 1.807) is 34.6 Å². The fraction of sp³-hybridized carbons (Fsp3) is 0.630. The van der Waals surface area contributed by atoms with Gasteiger partial charge < -0.3 is 26.0 Å². The van der Waals surface area contributed by atoms with E-state index in [2.05, 4.69) is 17.6 Å². The molecule has 4 N–H and O–H groups in total. The van der Waals surface area contributed by atoms with Gasteiger partial charge in [-0.2, -0.15) is 0 Å². The van der Waals surface area contributed by atoms with Gasteiger partial charge in [0.15, 0.2) is 0 Å². The van der Waals surface area contributed by atoms with E-state index in [0.717, 1.165) is 30.4 Å². The summed E-state index contributed by atoms with van der Waals surface area (Å²) in [5.74, 6) is -1.68. The smallest absolute Gasteiger partial charge is 0.408 e. The van der Waals surface area contributed by atoms with Crippen molar-refractivity contribution in [2.75, 3.05) is 6.54 Å². The van der Waals surface area contributed by atoms with Crippen molar-refractivity contribution in [2.45, 2.75) is 105 Å². The topological polar surface area (TPSA) is 131 Å². The van der Waals surface area contributed by atoms with E-state index in [-0.39, 0.29) is 5.91 Å². The monoisotopic (exact) mass is 504 g/mol. The number of carbonyl (C=O) groups excluding carboxylic acids is 4. The highest BCUT2D eigenvalue weighted by atomic mass is 16.6. The van der Waals surface area contributed by atoms with Crippen molar-refractivity contribution in [3.05, 3.63) is 34.9 Å². The first-order valence-electron chi connectivity index (χ1n) is 12.6. The molecule has 0 saturated carbocycles. The lowest BCUT2D eigenvalue weighted by molar-refractivity contribution is -0.145. The van der Waals surface area contributed by atoms with Crippen molar-refractivity contribution in [3.63, 3.8) is 0 Å². The molecule has 0 aliphatic rings. The molecular weight excluding hydrogens is 460 g/mol. The van der Waals surface area contributed by atoms with Gasteiger partial charge in [-0.25, -0.2) is 4.79 Å². The molecule has 9 nitrogen and oxygen atoms in total. The number of nitrogens with one attached hydrogen (secondary N) is 2. The normalized spacial score (nSPS) is 13.0. The highest BCUT2D eigenvalue weighted by molar-refractivity contribution is 5.94. The summed E-state index contributed by atoms with van der Waals surface area (Å²) in [5, 5.41) is 5.44. The molecule has 0 spiro atoms. The fourth-order valence-electron chi connectivity index (χ4n) is 4.00. The minimum absolute atomic E-state index is 0.326. The summed E-state index contributed by atoms with van der Waals surface area (Å²) in [4.78, 5) is 53.1. The molecular formula is C27H44N4O5. The van der Waals surface area contributed by atoms with Crippen LogP contribution in [0.3, 0.4) is 0 Å². The molecule has 0 heterocycles. The predicted octanol–water partition coefficient (Wildman–Crippen LogP) is 3.66. The first-order chi connectivity index (χ1) is 16.7. The number of primary amides is 1. The van der Waals surface area contributed by atoms with Crippen LogP contribution in [-0.4, -0.2) is 52.9 Å². The van der Waals surface area contributed by atoms with Crippen LogP contribution in [0.15, 0.2) is 18.2 Å². The van der Waals surface area contributed by atoms with Crippen molar-refractivity contribution < 1.29 is 23.9 Å². The Morgan fingerprint density at radius 3 is 2.08 bits per heavy atom. The third kappa shape index (κ3) is 10.3. The molecule has 0 radical (unpaired) electrons. The molecule has 2 atom stereocenters. The Morgan fingerprint density at radius 1 is 1.03 bits per heavy atom. The number of hydrogen-bond donors (Lipinski definition) is 3. The molecule has 9 heteroatoms. The second-order valence-electron chi connectivity index (χ2n) is 10.5. The maximum absolute atomic E-state index is 13.9. The molecule has 0 saturated heterocycles. The van der Waals surface area contributed by atoms with Crippen LogP contribution in [0.4, 0.5) is 4.79 Å². The van der Waals surface area contributed by atoms with E-state index >= 15 is 0 Å². The number of benzene rings is 1. The van der Waals surface area contributed by atoms with Gasteiger partial charge >= 0.3 is 6.09 Å². The number of carbonyl (C=O) groups is 4. The summed E-state index contributed by atoms with van der Waals surface area (Å²) in [6.45, 7) is 15.1. The van der Waals surface area contributed by atoms with Gasteiger partial charge in [0.25, 0.3) is 0 Å². The molecule has 1 aromatic rings. The van der Waals surface area contributed by atoms with Crippen LogP contribution in [0, 0.1) is 13.8 Å². The highest BCUT2D eigenvalue weighted by Gasteiger charge is 2.38. The van der Waals surface area contributed by atoms with Gasteiger partial charge in [0.1, 0.15) is 17.7 Å². The number of nitrogens with zero attached hydrogens (tertiary/aromatic N) is 1. The number of nitrogens with two attached hydrogens (primary N) is 1. The number of rotatable bonds is 12. The van der Waals surface area contributed by atoms with E-state index in [1.807, 2.05) is 32.0 Å². The number of aryl methyl sites for hydroxylation is 2. The van der Waals surface area contributed by atoms with Gasteiger partial charge in [-0.1, -0.05) is 49.1 Å². The molecule has 4 amide bonds. The van der Waals surface area contributed by atoms with E-state index < -0.39 is 48.1 Å². The summed E-state index contributed by atoms with van der Waals surface area (Å²) in [6.07, 6.45) is 1.53. The number of ether oxygens (including phenoxy) is 1. The quantitative estimate of drug-likeness (QED) is 0.374. The molecule has 0 bridgehead atoms. The summed E-state index contributed by atoms with van der Waals surface area (Å²) >= 11 is 0. The number of amides is 4. The third-order valence-corrected chi connectivity index (χ3v) is 5.37. The first-order valence-corrected chi connectivity index (χ1v) is 12.6. The summed E-state index contributed by atoms with van der Waals surface area (Å²) in [7, 11) is 0. The average molecular weight is 505 g/mol. The Morgan fingerprint density at radius 2 is 1.61 bits per heavy atom. The molecule has 0 fully saturated rings. The largest absolute Gasteiger partial charge is 0.444 e. The molecule has 202 valence electrons. The molecule has 0 aromatic heterocycles. The summed E-state index contributed by atoms with van der Waals surface area (Å²) in [6, 6.07) is 3.04. The van der Waals surface area contributed by atoms with Gasteiger partial charge in [-0.3, -0.25) is 14.4 Å². The lowest BCUT2D eigenvalue weighted by atomic mass is 9.97. The fourth-order valence-corrected chi connectivity index (χ4v) is 4.00. The molecule has 0 aliphatic carbocycles. The van der Waals surface area contributed by atoms with Crippen molar-refractivity contribution in [1.82, 2.24) is 15.5 Å². The SMILES string of the molecule is CCCCCNC(=O)C(c1cc(C)cc(C)c1)N(C(=O)C(CC(N)=O)NC(=O)OC(C)(C)C)C(C)C. The van der Waals surface area contributed by atoms with Crippen molar-refractivity contribution in [1.29, 1.82) is 0 Å². The van der Waals surface area contributed by atoms with Crippen LogP contribution in [0.5, 0.6) is 0 Å². The molecule has 1 rings (SSSR count). The van der Waals surface area contributed by atoms with Gasteiger partial charge in [-0.15, -0.1) is 0 Å². The zero-order valence-corrected chi connectivity index (χ0v) is 23.1. The second-order valence-corrected chi connectivity index (χ2v) is 10.5. The van der Waals surface area contributed by atoms with Crippen molar-refractivity contribution in [2.24, 2.45) is 5.73 Å². The standard InChI is InChI=1S/C27H44N4O5/c1-9-10-11-12-29-24(33)23(20-14-18(4)13-19(5)15-20)31(17(2)3)25(34)21(16-22(28)32)30-26(35)36-27(6,7)8/h13-15,17,21,23H,9-12,16H2,1-8H3,(H2,28,32)(H,29,33)(H,30,35). The van der Waals surface area contributed by atoms with Crippen LogP contribution in [0.2, 0.25) is 0 Å². The van der Waals surface area contributed by atoms with Crippen LogP contribution in [-0.2, 0) is 19.1 Å². The van der Waals surface area contributed by atoms with Crippen molar-refractivity contribution >= 4 is 23.8 Å². The zero-order valence-electron chi connectivity index (χ0n) is 23.1. The lowest BCUT2D eigenvalue weighted by Crippen LogP contribution is -2.56. The second kappa shape index (κ2) is 13.8. The molecule has 0 aliphatic heterocycles. The number of alkyl carbamates (subject to hydrolysis) is 1. The first kappa shape index (κ1) is 30.9. The van der Waals surface area contributed by atoms with Gasteiger partial charge in [0.05, 0.1) is 6.42 Å². The third-order valence-electron chi connectivity index (χ3n) is 5.37. The minimum Gasteiger partial charge on any atom is -0.444 e. The Bertz CT molecular complexity index is 903. The maximum Gasteiger partial charge on any atom is 0.408 e. The maximum atomic E-state index is 13.9. The van der Waals surface area contributed by atoms with Crippen LogP contribution >= 0.6 is 0 Å². The number of hydrogen-bond acceptors (Lipinski definition) is 5. The lowest BCUT2D eigenvalue weighted by Gasteiger charge is -2.37. The molecule has 1 aromatic carbocycles. The highest BCUT2D eigenvalue weighted by Crippen LogP contribution is 2.27. The molecule has 36 heavy (non-hydrogen) atoms. The Hall–Kier alpha value is -3.10. The average Bonchev–Trinajstić information content (AvgIpc) is 2.71. The Labute approximate surface area is 215 Å². The predicted molar refractivity (Wildman–Crippen MR) is 140 cm³/mol. The molecule has 2 unspecified atom stereocenters. The van der Waals surface area contributed by atoms with E-state index in [9.17, 15) is 19.2 Å². The van der Waals surface area contributed by atoms with E-state index in [1.165, 1.54) is 4.90 Å². The van der Waals surface area contributed by atoms with Crippen LogP contribution in [0.1, 0.15) is 90.0 Å². The van der Waals surface area contributed by atoms with Gasteiger partial charge in [0.2, 0.25) is 17.7 Å². The van der Waals surface area contributed by atoms with E-state index in [0.29, 0.717) is 12.1 Å². The minimum atomic E-state index is -1.29. The van der Waals surface area contributed by atoms with Crippen LogP contribution < -0.4 is 16.4 Å². The van der Waals surface area contributed by atoms with E-state index in [4.69, 9.17) is 10.5 Å². The number of unbranched alkanes of at least 4 members (excludes halogenated alkanes) is 2. The zero-order chi connectivity index (χ0) is 27.6.